The number of carbonyl (C=O) groups is 1. The number of thiophene rings is 1. The molecular weight excluding hydrogens is 332 g/mol. The largest absolute Gasteiger partial charge is 0.391 e. The molecule has 1 amide bonds. The Balaban J connectivity index is 1.33. The number of aryl methyl sites for hydroxylation is 1. The quantitative estimate of drug-likeness (QED) is 0.885. The first-order valence-electron chi connectivity index (χ1n) is 9.04. The average molecular weight is 356 g/mol. The van der Waals surface area contributed by atoms with Crippen LogP contribution in [0.3, 0.4) is 0 Å². The Kier molecular flexibility index (Phi) is 4.88. The number of hydrogen-bond acceptors (Lipinski definition) is 4. The Morgan fingerprint density at radius 1 is 1.28 bits per heavy atom. The molecule has 25 heavy (non-hydrogen) atoms. The fourth-order valence-electron chi connectivity index (χ4n) is 3.91. The lowest BCUT2D eigenvalue weighted by atomic mass is 9.92. The van der Waals surface area contributed by atoms with Crippen LogP contribution in [0, 0.1) is 0 Å². The van der Waals surface area contributed by atoms with E-state index in [0.717, 1.165) is 44.6 Å². The van der Waals surface area contributed by atoms with Gasteiger partial charge in [-0.05, 0) is 54.4 Å². The van der Waals surface area contributed by atoms with Gasteiger partial charge in [-0.1, -0.05) is 18.2 Å². The molecule has 0 saturated carbocycles. The number of anilines is 1. The number of carbonyl (C=O) groups excluding carboxylic acids is 1. The van der Waals surface area contributed by atoms with Crippen molar-refractivity contribution in [2.75, 3.05) is 25.0 Å². The first-order valence-corrected chi connectivity index (χ1v) is 9.92. The number of fused-ring (bicyclic) bond motifs is 1. The van der Waals surface area contributed by atoms with E-state index in [-0.39, 0.29) is 12.0 Å². The predicted molar refractivity (Wildman–Crippen MR) is 101 cm³/mol. The molecule has 0 aliphatic carbocycles. The molecule has 0 radical (unpaired) electrons. The van der Waals surface area contributed by atoms with Crippen LogP contribution in [0.2, 0.25) is 0 Å². The van der Waals surface area contributed by atoms with Gasteiger partial charge >= 0.3 is 0 Å². The number of β-amino-alcohol motifs (C(OH)–C–C–N with tert-alkyl or cyclic N) is 1. The molecule has 2 aromatic rings. The van der Waals surface area contributed by atoms with E-state index in [2.05, 4.69) is 39.9 Å². The summed E-state index contributed by atoms with van der Waals surface area (Å²) in [6.45, 7) is 2.77. The summed E-state index contributed by atoms with van der Waals surface area (Å²) in [7, 11) is 0. The number of aliphatic hydroxyl groups is 1. The van der Waals surface area contributed by atoms with E-state index >= 15 is 0 Å². The molecule has 2 unspecified atom stereocenters. The van der Waals surface area contributed by atoms with Crippen LogP contribution in [0.1, 0.15) is 34.8 Å². The minimum atomic E-state index is -0.272. The highest BCUT2D eigenvalue weighted by molar-refractivity contribution is 7.10. The molecule has 1 fully saturated rings. The summed E-state index contributed by atoms with van der Waals surface area (Å²) >= 11 is 1.75. The van der Waals surface area contributed by atoms with Crippen molar-refractivity contribution in [2.24, 2.45) is 0 Å². The van der Waals surface area contributed by atoms with Gasteiger partial charge in [0.05, 0.1) is 6.10 Å². The molecule has 4 nitrogen and oxygen atoms in total. The number of nitrogens with zero attached hydrogens (tertiary/aromatic N) is 1. The molecule has 1 aromatic heterocycles. The van der Waals surface area contributed by atoms with Gasteiger partial charge in [-0.25, -0.2) is 0 Å². The number of hydrogen-bond donors (Lipinski definition) is 2. The van der Waals surface area contributed by atoms with Crippen LogP contribution in [-0.4, -0.2) is 41.7 Å². The highest BCUT2D eigenvalue weighted by Gasteiger charge is 2.29. The van der Waals surface area contributed by atoms with Crippen molar-refractivity contribution in [3.8, 4) is 0 Å². The lowest BCUT2D eigenvalue weighted by Crippen LogP contribution is -2.43. The van der Waals surface area contributed by atoms with Crippen molar-refractivity contribution in [1.82, 2.24) is 4.90 Å². The van der Waals surface area contributed by atoms with Crippen molar-refractivity contribution < 1.29 is 9.90 Å². The van der Waals surface area contributed by atoms with Crippen molar-refractivity contribution in [2.45, 2.75) is 37.7 Å². The lowest BCUT2D eigenvalue weighted by molar-refractivity contribution is -0.116. The van der Waals surface area contributed by atoms with E-state index in [1.54, 1.807) is 11.3 Å². The molecule has 1 saturated heterocycles. The Hall–Kier alpha value is -1.69. The number of benzene rings is 1. The zero-order chi connectivity index (χ0) is 17.2. The Bertz CT molecular complexity index is 744. The third kappa shape index (κ3) is 3.78. The molecular formula is C20H24N2O2S. The minimum Gasteiger partial charge on any atom is -0.391 e. The molecule has 1 aromatic carbocycles. The van der Waals surface area contributed by atoms with E-state index in [1.807, 2.05) is 6.07 Å². The van der Waals surface area contributed by atoms with E-state index in [1.165, 1.54) is 16.0 Å². The van der Waals surface area contributed by atoms with Gasteiger partial charge in [-0.3, -0.25) is 4.79 Å². The summed E-state index contributed by atoms with van der Waals surface area (Å²) in [6.07, 6.45) is 3.15. The molecule has 3 heterocycles. The van der Waals surface area contributed by atoms with Gasteiger partial charge in [-0.15, -0.1) is 11.3 Å². The molecule has 2 aliphatic rings. The summed E-state index contributed by atoms with van der Waals surface area (Å²) in [4.78, 5) is 15.1. The molecule has 2 atom stereocenters. The fraction of sp³-hybridized carbons (Fsp3) is 0.450. The van der Waals surface area contributed by atoms with Crippen LogP contribution in [0.4, 0.5) is 5.69 Å². The van der Waals surface area contributed by atoms with Crippen molar-refractivity contribution in [1.29, 1.82) is 0 Å². The minimum absolute atomic E-state index is 0.114. The number of amides is 1. The van der Waals surface area contributed by atoms with Gasteiger partial charge in [-0.2, -0.15) is 0 Å². The first-order chi connectivity index (χ1) is 12.2. The second kappa shape index (κ2) is 7.28. The average Bonchev–Trinajstić information content (AvgIpc) is 3.14. The van der Waals surface area contributed by atoms with Crippen LogP contribution < -0.4 is 5.32 Å². The van der Waals surface area contributed by atoms with Crippen molar-refractivity contribution in [3.05, 3.63) is 51.7 Å². The topological polar surface area (TPSA) is 52.6 Å². The van der Waals surface area contributed by atoms with Crippen molar-refractivity contribution >= 4 is 22.9 Å². The SMILES string of the molecule is O=C1CCc2cc(CCN3CCC(c4cccs4)C(O)C3)ccc2N1. The summed E-state index contributed by atoms with van der Waals surface area (Å²) in [5.41, 5.74) is 3.52. The van der Waals surface area contributed by atoms with Gasteiger partial charge in [0.2, 0.25) is 5.91 Å². The Labute approximate surface area is 152 Å². The molecule has 2 aliphatic heterocycles. The van der Waals surface area contributed by atoms with Crippen LogP contribution >= 0.6 is 11.3 Å². The fourth-order valence-corrected chi connectivity index (χ4v) is 4.83. The van der Waals surface area contributed by atoms with E-state index < -0.39 is 0 Å². The third-order valence-corrected chi connectivity index (χ3v) is 6.36. The zero-order valence-electron chi connectivity index (χ0n) is 14.3. The predicted octanol–water partition coefficient (Wildman–Crippen LogP) is 3.03. The number of aliphatic hydroxyl groups excluding tert-OH is 1. The lowest BCUT2D eigenvalue weighted by Gasteiger charge is -2.35. The highest BCUT2D eigenvalue weighted by atomic mass is 32.1. The van der Waals surface area contributed by atoms with E-state index in [4.69, 9.17) is 0 Å². The van der Waals surface area contributed by atoms with E-state index in [9.17, 15) is 9.90 Å². The van der Waals surface area contributed by atoms with E-state index in [0.29, 0.717) is 12.3 Å². The number of piperidine rings is 1. The number of likely N-dealkylation sites (tertiary alicyclic amines) is 1. The van der Waals surface area contributed by atoms with Crippen molar-refractivity contribution in [3.63, 3.8) is 0 Å². The van der Waals surface area contributed by atoms with Crippen LogP contribution in [0.5, 0.6) is 0 Å². The highest BCUT2D eigenvalue weighted by Crippen LogP contribution is 2.31. The third-order valence-electron chi connectivity index (χ3n) is 5.36. The molecule has 132 valence electrons. The molecule has 0 spiro atoms. The monoisotopic (exact) mass is 356 g/mol. The molecule has 0 bridgehead atoms. The van der Waals surface area contributed by atoms with Crippen LogP contribution in [0.15, 0.2) is 35.7 Å². The van der Waals surface area contributed by atoms with Gasteiger partial charge in [0.25, 0.3) is 0 Å². The molecule has 5 heteroatoms. The standard InChI is InChI=1S/C20H24N2O2S/c23-18-13-22(10-8-16(18)19-2-1-11-25-19)9-7-14-3-5-17-15(12-14)4-6-20(24)21-17/h1-3,5,11-12,16,18,23H,4,6-10,13H2,(H,21,24). The first kappa shape index (κ1) is 16.8. The smallest absolute Gasteiger partial charge is 0.224 e. The second-order valence-electron chi connectivity index (χ2n) is 7.07. The normalized spacial score (nSPS) is 24.0. The summed E-state index contributed by atoms with van der Waals surface area (Å²) in [6, 6.07) is 10.6. The summed E-state index contributed by atoms with van der Waals surface area (Å²) in [5.74, 6) is 0.409. The van der Waals surface area contributed by atoms with Gasteiger partial charge in [0, 0.05) is 36.0 Å². The number of nitrogens with one attached hydrogen (secondary N) is 1. The summed E-state index contributed by atoms with van der Waals surface area (Å²) < 4.78 is 0. The molecule has 2 N–H and O–H groups in total. The maximum atomic E-state index is 11.4. The Morgan fingerprint density at radius 3 is 3.00 bits per heavy atom. The second-order valence-corrected chi connectivity index (χ2v) is 8.05. The van der Waals surface area contributed by atoms with Gasteiger partial charge in [0.15, 0.2) is 0 Å². The maximum absolute atomic E-state index is 11.4. The van der Waals surface area contributed by atoms with Gasteiger partial charge in [0.1, 0.15) is 0 Å². The van der Waals surface area contributed by atoms with Crippen LogP contribution in [-0.2, 0) is 17.6 Å². The maximum Gasteiger partial charge on any atom is 0.224 e. The number of rotatable bonds is 4. The molecule has 4 rings (SSSR count). The summed E-state index contributed by atoms with van der Waals surface area (Å²) in [5, 5.41) is 15.5. The van der Waals surface area contributed by atoms with Crippen LogP contribution in [0.25, 0.3) is 0 Å². The van der Waals surface area contributed by atoms with Gasteiger partial charge < -0.3 is 15.3 Å². The Morgan fingerprint density at radius 2 is 2.20 bits per heavy atom. The zero-order valence-corrected chi connectivity index (χ0v) is 15.1.